The molecule has 1 aliphatic heterocycles. The summed E-state index contributed by atoms with van der Waals surface area (Å²) >= 11 is 0. The Balaban J connectivity index is 2.01. The van der Waals surface area contributed by atoms with Gasteiger partial charge in [-0.3, -0.25) is 0 Å². The summed E-state index contributed by atoms with van der Waals surface area (Å²) in [4.78, 5) is 24.5. The molecule has 1 fully saturated rings. The lowest BCUT2D eigenvalue weighted by molar-refractivity contribution is 0.0158. The summed E-state index contributed by atoms with van der Waals surface area (Å²) in [5.74, 6) is 1.39. The van der Waals surface area contributed by atoms with Gasteiger partial charge in [-0.25, -0.2) is 14.8 Å². The van der Waals surface area contributed by atoms with Crippen molar-refractivity contribution in [1.29, 1.82) is 0 Å². The van der Waals surface area contributed by atoms with Crippen molar-refractivity contribution >= 4 is 11.9 Å². The molecule has 0 aliphatic carbocycles. The zero-order chi connectivity index (χ0) is 17.0. The molecule has 0 N–H and O–H groups in total. The number of hydrogen-bond acceptors (Lipinski definition) is 6. The molecule has 2 rings (SSSR count). The van der Waals surface area contributed by atoms with E-state index < -0.39 is 5.60 Å². The highest BCUT2D eigenvalue weighted by Crippen LogP contribution is 2.21. The third-order valence-corrected chi connectivity index (χ3v) is 3.50. The first-order valence-electron chi connectivity index (χ1n) is 7.99. The van der Waals surface area contributed by atoms with Crippen molar-refractivity contribution in [3.63, 3.8) is 0 Å². The molecule has 1 atom stereocenters. The van der Waals surface area contributed by atoms with Crippen molar-refractivity contribution in [2.24, 2.45) is 0 Å². The predicted octanol–water partition coefficient (Wildman–Crippen LogP) is 2.32. The first-order valence-corrected chi connectivity index (χ1v) is 7.99. The van der Waals surface area contributed by atoms with Gasteiger partial charge in [0.1, 0.15) is 17.7 Å². The van der Waals surface area contributed by atoms with Crippen molar-refractivity contribution in [3.8, 4) is 5.88 Å². The molecule has 0 aromatic carbocycles. The Labute approximate surface area is 137 Å². The fourth-order valence-corrected chi connectivity index (χ4v) is 2.49. The number of piperazine rings is 1. The van der Waals surface area contributed by atoms with Crippen LogP contribution in [0.15, 0.2) is 12.4 Å². The van der Waals surface area contributed by atoms with E-state index in [1.165, 1.54) is 6.33 Å². The highest BCUT2D eigenvalue weighted by molar-refractivity contribution is 5.69. The molecule has 1 aromatic heterocycles. The van der Waals surface area contributed by atoms with Crippen LogP contribution in [-0.4, -0.2) is 58.8 Å². The fraction of sp³-hybridized carbons (Fsp3) is 0.688. The maximum Gasteiger partial charge on any atom is 0.410 e. The number of carbonyl (C=O) groups is 1. The molecular formula is C16H26N4O3. The number of anilines is 1. The van der Waals surface area contributed by atoms with Gasteiger partial charge in [-0.05, 0) is 34.6 Å². The number of ether oxygens (including phenoxy) is 2. The monoisotopic (exact) mass is 322 g/mol. The smallest absolute Gasteiger partial charge is 0.410 e. The van der Waals surface area contributed by atoms with E-state index in [0.717, 1.165) is 5.82 Å². The van der Waals surface area contributed by atoms with Crippen LogP contribution in [0.1, 0.15) is 34.6 Å². The van der Waals surface area contributed by atoms with Gasteiger partial charge in [-0.1, -0.05) is 0 Å². The molecule has 0 saturated carbocycles. The van der Waals surface area contributed by atoms with Gasteiger partial charge in [-0.15, -0.1) is 0 Å². The summed E-state index contributed by atoms with van der Waals surface area (Å²) in [6.45, 7) is 12.1. The molecule has 0 bridgehead atoms. The number of rotatable bonds is 3. The predicted molar refractivity (Wildman–Crippen MR) is 87.8 cm³/mol. The second-order valence-corrected chi connectivity index (χ2v) is 6.62. The molecule has 0 spiro atoms. The highest BCUT2D eigenvalue weighted by atomic mass is 16.6. The van der Waals surface area contributed by atoms with E-state index in [1.54, 1.807) is 4.90 Å². The molecular weight excluding hydrogens is 296 g/mol. The van der Waals surface area contributed by atoms with Crippen LogP contribution in [-0.2, 0) is 4.74 Å². The minimum absolute atomic E-state index is 0.0455. The van der Waals surface area contributed by atoms with E-state index in [0.29, 0.717) is 32.1 Å². The third kappa shape index (κ3) is 4.71. The zero-order valence-electron chi connectivity index (χ0n) is 14.6. The molecule has 7 nitrogen and oxygen atoms in total. The van der Waals surface area contributed by atoms with Crippen LogP contribution in [0.2, 0.25) is 0 Å². The molecule has 1 saturated heterocycles. The number of carbonyl (C=O) groups excluding carboxylic acids is 1. The summed E-state index contributed by atoms with van der Waals surface area (Å²) in [7, 11) is 0. The molecule has 1 aromatic rings. The van der Waals surface area contributed by atoms with E-state index in [4.69, 9.17) is 9.47 Å². The Hall–Kier alpha value is -2.05. The largest absolute Gasteiger partial charge is 0.478 e. The van der Waals surface area contributed by atoms with E-state index in [2.05, 4.69) is 14.9 Å². The van der Waals surface area contributed by atoms with Crippen molar-refractivity contribution in [3.05, 3.63) is 12.4 Å². The standard InChI is InChI=1S/C16H26N4O3/c1-6-22-14-9-13(17-11-18-14)19-7-8-20(12(2)10-19)15(21)23-16(3,4)5/h9,11-12H,6-8,10H2,1-5H3. The molecule has 0 radical (unpaired) electrons. The van der Waals surface area contributed by atoms with Crippen molar-refractivity contribution in [2.75, 3.05) is 31.1 Å². The summed E-state index contributed by atoms with van der Waals surface area (Å²) in [6.07, 6.45) is 1.24. The Morgan fingerprint density at radius 2 is 2.09 bits per heavy atom. The average molecular weight is 322 g/mol. The molecule has 23 heavy (non-hydrogen) atoms. The van der Waals surface area contributed by atoms with Crippen LogP contribution in [0.25, 0.3) is 0 Å². The molecule has 1 amide bonds. The molecule has 2 heterocycles. The van der Waals surface area contributed by atoms with Gasteiger partial charge >= 0.3 is 6.09 Å². The van der Waals surface area contributed by atoms with Crippen LogP contribution >= 0.6 is 0 Å². The number of hydrogen-bond donors (Lipinski definition) is 0. The van der Waals surface area contributed by atoms with Gasteiger partial charge in [0, 0.05) is 31.7 Å². The maximum absolute atomic E-state index is 12.2. The molecule has 7 heteroatoms. The lowest BCUT2D eigenvalue weighted by Gasteiger charge is -2.40. The van der Waals surface area contributed by atoms with Crippen LogP contribution in [0.5, 0.6) is 5.88 Å². The van der Waals surface area contributed by atoms with Crippen LogP contribution in [0.4, 0.5) is 10.6 Å². The molecule has 1 aliphatic rings. The van der Waals surface area contributed by atoms with Crippen LogP contribution in [0, 0.1) is 0 Å². The summed E-state index contributed by atoms with van der Waals surface area (Å²) in [5.41, 5.74) is -0.479. The molecule has 128 valence electrons. The quantitative estimate of drug-likeness (QED) is 0.851. The first-order chi connectivity index (χ1) is 10.8. The minimum atomic E-state index is -0.479. The van der Waals surface area contributed by atoms with E-state index >= 15 is 0 Å². The second-order valence-electron chi connectivity index (χ2n) is 6.62. The zero-order valence-corrected chi connectivity index (χ0v) is 14.6. The van der Waals surface area contributed by atoms with Gasteiger partial charge in [-0.2, -0.15) is 0 Å². The van der Waals surface area contributed by atoms with E-state index in [1.807, 2.05) is 40.7 Å². The Morgan fingerprint density at radius 3 is 2.70 bits per heavy atom. The number of nitrogens with zero attached hydrogens (tertiary/aromatic N) is 4. The number of aromatic nitrogens is 2. The highest BCUT2D eigenvalue weighted by Gasteiger charge is 2.31. The summed E-state index contributed by atoms with van der Waals surface area (Å²) < 4.78 is 10.9. The van der Waals surface area contributed by atoms with Crippen molar-refractivity contribution in [2.45, 2.75) is 46.3 Å². The fourth-order valence-electron chi connectivity index (χ4n) is 2.49. The topological polar surface area (TPSA) is 67.8 Å². The van der Waals surface area contributed by atoms with Gasteiger partial charge < -0.3 is 19.3 Å². The van der Waals surface area contributed by atoms with Crippen LogP contribution in [0.3, 0.4) is 0 Å². The lowest BCUT2D eigenvalue weighted by atomic mass is 10.2. The van der Waals surface area contributed by atoms with Gasteiger partial charge in [0.2, 0.25) is 5.88 Å². The molecule has 1 unspecified atom stereocenters. The SMILES string of the molecule is CCOc1cc(N2CCN(C(=O)OC(C)(C)C)C(C)C2)ncn1. The van der Waals surface area contributed by atoms with Gasteiger partial charge in [0.15, 0.2) is 0 Å². The number of amides is 1. The minimum Gasteiger partial charge on any atom is -0.478 e. The van der Waals surface area contributed by atoms with Gasteiger partial charge in [0.05, 0.1) is 6.61 Å². The third-order valence-electron chi connectivity index (χ3n) is 3.50. The van der Waals surface area contributed by atoms with E-state index in [9.17, 15) is 4.79 Å². The Morgan fingerprint density at radius 1 is 1.35 bits per heavy atom. The first kappa shape index (κ1) is 17.3. The van der Waals surface area contributed by atoms with E-state index in [-0.39, 0.29) is 12.1 Å². The Bertz CT molecular complexity index is 544. The van der Waals surface area contributed by atoms with Crippen LogP contribution < -0.4 is 9.64 Å². The van der Waals surface area contributed by atoms with Gasteiger partial charge in [0.25, 0.3) is 0 Å². The summed E-state index contributed by atoms with van der Waals surface area (Å²) in [5, 5.41) is 0. The maximum atomic E-state index is 12.2. The lowest BCUT2D eigenvalue weighted by Crippen LogP contribution is -2.55. The van der Waals surface area contributed by atoms with Crippen molar-refractivity contribution < 1.29 is 14.3 Å². The second kappa shape index (κ2) is 7.02. The normalized spacial score (nSPS) is 18.7. The van der Waals surface area contributed by atoms with Crippen molar-refractivity contribution in [1.82, 2.24) is 14.9 Å². The average Bonchev–Trinajstić information content (AvgIpc) is 2.46. The summed E-state index contributed by atoms with van der Waals surface area (Å²) in [6, 6.07) is 1.88. The Kier molecular flexibility index (Phi) is 5.28.